The highest BCUT2D eigenvalue weighted by molar-refractivity contribution is 7.28. The predicted molar refractivity (Wildman–Crippen MR) is 180 cm³/mol. The molecule has 0 atom stereocenters. The molecule has 6 rings (SSSR count). The quantitative estimate of drug-likeness (QED) is 0.178. The molecule has 0 N–H and O–H groups in total. The second kappa shape index (κ2) is 11.3. The van der Waals surface area contributed by atoms with Crippen molar-refractivity contribution in [3.63, 3.8) is 0 Å². The third-order valence-corrected chi connectivity index (χ3v) is 13.5. The van der Waals surface area contributed by atoms with Crippen molar-refractivity contribution in [2.45, 2.75) is 39.5 Å². The molecule has 202 valence electrons. The molecule has 1 heterocycles. The summed E-state index contributed by atoms with van der Waals surface area (Å²) in [6.45, 7) is 9.34. The molecule has 0 unspecified atom stereocenters. The van der Waals surface area contributed by atoms with Crippen LogP contribution >= 0.6 is 0 Å². The van der Waals surface area contributed by atoms with Crippen molar-refractivity contribution in [1.29, 1.82) is 0 Å². The summed E-state index contributed by atoms with van der Waals surface area (Å²) < 4.78 is 0. The molecule has 0 bridgehead atoms. The summed E-state index contributed by atoms with van der Waals surface area (Å²) in [7, 11) is -2.75. The van der Waals surface area contributed by atoms with Crippen LogP contribution in [0.2, 0.25) is 0 Å². The lowest BCUT2D eigenvalue weighted by atomic mass is 9.84. The molecule has 0 spiro atoms. The lowest BCUT2D eigenvalue weighted by molar-refractivity contribution is 0.828. The maximum Gasteiger partial charge on any atom is 0.181 e. The van der Waals surface area contributed by atoms with Gasteiger partial charge in [0.1, 0.15) is 0 Å². The van der Waals surface area contributed by atoms with Crippen molar-refractivity contribution < 1.29 is 0 Å². The van der Waals surface area contributed by atoms with Crippen molar-refractivity contribution >= 4 is 34.4 Å². The van der Waals surface area contributed by atoms with Crippen molar-refractivity contribution in [2.24, 2.45) is 0 Å². The van der Waals surface area contributed by atoms with E-state index < -0.39 is 8.07 Å². The Labute approximate surface area is 246 Å². The lowest BCUT2D eigenvalue weighted by Crippen LogP contribution is -2.59. The molecule has 41 heavy (non-hydrogen) atoms. The Morgan fingerprint density at radius 3 is 1.29 bits per heavy atom. The van der Waals surface area contributed by atoms with E-state index in [1.54, 1.807) is 0 Å². The molecule has 1 aliphatic rings. The van der Waals surface area contributed by atoms with Gasteiger partial charge in [-0.1, -0.05) is 173 Å². The Balaban J connectivity index is 1.86. The average Bonchev–Trinajstić information content (AvgIpc) is 3.39. The molecule has 1 aliphatic heterocycles. The van der Waals surface area contributed by atoms with Gasteiger partial charge in [-0.3, -0.25) is 0 Å². The largest absolute Gasteiger partial charge is 0.181 e. The maximum absolute atomic E-state index is 2.75. The molecule has 0 aromatic heterocycles. The monoisotopic (exact) mass is 546 g/mol. The van der Waals surface area contributed by atoms with E-state index in [1.807, 2.05) is 0 Å². The van der Waals surface area contributed by atoms with Gasteiger partial charge in [0.2, 0.25) is 0 Å². The van der Waals surface area contributed by atoms with Crippen LogP contribution in [0.5, 0.6) is 0 Å². The fourth-order valence-electron chi connectivity index (χ4n) is 6.76. The van der Waals surface area contributed by atoms with E-state index in [1.165, 1.54) is 54.2 Å². The van der Waals surface area contributed by atoms with Crippen LogP contribution in [0.1, 0.15) is 67.3 Å². The molecule has 0 radical (unpaired) electrons. The zero-order valence-electron chi connectivity index (χ0n) is 24.5. The van der Waals surface area contributed by atoms with Crippen LogP contribution in [0.25, 0.3) is 16.0 Å². The summed E-state index contributed by atoms with van der Waals surface area (Å²) >= 11 is 0. The molecular formula is C40H38Si. The first-order valence-corrected chi connectivity index (χ1v) is 16.9. The summed E-state index contributed by atoms with van der Waals surface area (Å²) in [6, 6.07) is 52.0. The number of allylic oxidation sites excluding steroid dienone is 2. The van der Waals surface area contributed by atoms with Gasteiger partial charge >= 0.3 is 0 Å². The van der Waals surface area contributed by atoms with Crippen LogP contribution in [0.4, 0.5) is 0 Å². The second-order valence-electron chi connectivity index (χ2n) is 11.7. The van der Waals surface area contributed by atoms with Gasteiger partial charge in [-0.05, 0) is 66.0 Å². The number of benzene rings is 5. The van der Waals surface area contributed by atoms with E-state index in [0.717, 1.165) is 0 Å². The van der Waals surface area contributed by atoms with Gasteiger partial charge in [0.05, 0.1) is 0 Å². The summed E-state index contributed by atoms with van der Waals surface area (Å²) in [6.07, 6.45) is 2.58. The molecule has 0 saturated carbocycles. The minimum atomic E-state index is -2.75. The molecule has 5 aromatic carbocycles. The van der Waals surface area contributed by atoms with E-state index in [0.29, 0.717) is 11.8 Å². The first kappa shape index (κ1) is 27.0. The van der Waals surface area contributed by atoms with E-state index in [4.69, 9.17) is 0 Å². The first-order valence-electron chi connectivity index (χ1n) is 14.9. The predicted octanol–water partition coefficient (Wildman–Crippen LogP) is 9.28. The first-order chi connectivity index (χ1) is 20.0. The summed E-state index contributed by atoms with van der Waals surface area (Å²) in [5, 5.41) is 5.79. The Morgan fingerprint density at radius 1 is 0.439 bits per heavy atom. The van der Waals surface area contributed by atoms with Gasteiger partial charge in [-0.25, -0.2) is 0 Å². The maximum atomic E-state index is 2.58. The van der Waals surface area contributed by atoms with Crippen LogP contribution in [0.15, 0.2) is 146 Å². The zero-order chi connectivity index (χ0) is 28.4. The van der Waals surface area contributed by atoms with Crippen LogP contribution in [-0.4, -0.2) is 8.07 Å². The molecular weight excluding hydrogens is 509 g/mol. The number of hydrogen-bond acceptors (Lipinski definition) is 0. The van der Waals surface area contributed by atoms with Crippen LogP contribution in [0.3, 0.4) is 0 Å². The smallest absolute Gasteiger partial charge is 0.0623 e. The van der Waals surface area contributed by atoms with Crippen LogP contribution in [0, 0.1) is 0 Å². The minimum absolute atomic E-state index is 0.409. The van der Waals surface area contributed by atoms with Crippen molar-refractivity contribution in [3.05, 3.63) is 173 Å². The Morgan fingerprint density at radius 2 is 0.854 bits per heavy atom. The van der Waals surface area contributed by atoms with E-state index in [9.17, 15) is 0 Å². The summed E-state index contributed by atoms with van der Waals surface area (Å²) in [5.74, 6) is 0.818. The molecule has 0 aliphatic carbocycles. The SMILES string of the molecule is CC(C)c1cccc(C(C)C)c1C1=C(c2ccccc2)[Si](c2ccccc2)(c2ccccc2)C(c2ccccc2)=C1. The third-order valence-electron chi connectivity index (χ3n) is 8.54. The minimum Gasteiger partial charge on any atom is -0.0623 e. The normalized spacial score (nSPS) is 14.5. The molecule has 0 amide bonds. The fraction of sp³-hybridized carbons (Fsp3) is 0.150. The molecule has 1 heteroatoms. The Hall–Kier alpha value is -4.20. The van der Waals surface area contributed by atoms with Crippen LogP contribution < -0.4 is 10.4 Å². The molecule has 5 aromatic rings. The van der Waals surface area contributed by atoms with Crippen molar-refractivity contribution in [2.75, 3.05) is 0 Å². The number of hydrogen-bond donors (Lipinski definition) is 0. The lowest BCUT2D eigenvalue weighted by Gasteiger charge is -2.36. The summed E-state index contributed by atoms with van der Waals surface area (Å²) in [4.78, 5) is 0. The standard InChI is InChI=1S/C40H38Si/c1-29(2)35-26-17-27-36(30(3)4)39(35)37-28-38(31-18-9-5-10-19-31)41(33-22-13-7-14-23-33,34-24-15-8-16-25-34)40(37)32-20-11-6-12-21-32/h5-30H,1-4H3. The molecule has 0 nitrogen and oxygen atoms in total. The highest BCUT2D eigenvalue weighted by Gasteiger charge is 2.50. The van der Waals surface area contributed by atoms with Crippen molar-refractivity contribution in [3.8, 4) is 0 Å². The highest BCUT2D eigenvalue weighted by atomic mass is 28.3. The average molecular weight is 547 g/mol. The van der Waals surface area contributed by atoms with E-state index in [-0.39, 0.29) is 0 Å². The van der Waals surface area contributed by atoms with E-state index in [2.05, 4.69) is 173 Å². The van der Waals surface area contributed by atoms with Crippen LogP contribution in [-0.2, 0) is 0 Å². The zero-order valence-corrected chi connectivity index (χ0v) is 25.5. The molecule has 0 saturated heterocycles. The Bertz CT molecular complexity index is 1630. The third kappa shape index (κ3) is 4.65. The highest BCUT2D eigenvalue weighted by Crippen LogP contribution is 2.50. The fourth-order valence-corrected chi connectivity index (χ4v) is 12.1. The summed E-state index contributed by atoms with van der Waals surface area (Å²) in [5.41, 5.74) is 8.29. The van der Waals surface area contributed by atoms with E-state index >= 15 is 0 Å². The van der Waals surface area contributed by atoms with Crippen molar-refractivity contribution in [1.82, 2.24) is 0 Å². The second-order valence-corrected chi connectivity index (χ2v) is 15.4. The van der Waals surface area contributed by atoms with Gasteiger partial charge in [0.15, 0.2) is 8.07 Å². The van der Waals surface area contributed by atoms with Gasteiger partial charge < -0.3 is 0 Å². The number of rotatable bonds is 7. The van der Waals surface area contributed by atoms with Gasteiger partial charge in [-0.2, -0.15) is 0 Å². The van der Waals surface area contributed by atoms with Gasteiger partial charge in [0.25, 0.3) is 0 Å². The molecule has 0 fully saturated rings. The topological polar surface area (TPSA) is 0 Å². The van der Waals surface area contributed by atoms with Gasteiger partial charge in [-0.15, -0.1) is 0 Å². The Kier molecular flexibility index (Phi) is 7.47. The van der Waals surface area contributed by atoms with Gasteiger partial charge in [0, 0.05) is 0 Å².